The minimum absolute atomic E-state index is 0.110. The SMILES string of the molecule is N#CCS(=O)(=O)NC1CC1. The van der Waals surface area contributed by atoms with E-state index in [1.54, 1.807) is 6.07 Å². The van der Waals surface area contributed by atoms with Crippen LogP contribution in [0.4, 0.5) is 0 Å². The standard InChI is InChI=1S/C5H8N2O2S/c6-3-4-10(8,9)7-5-1-2-5/h5,7H,1-2,4H2. The maximum Gasteiger partial charge on any atom is 0.225 e. The highest BCUT2D eigenvalue weighted by molar-refractivity contribution is 7.89. The van der Waals surface area contributed by atoms with E-state index in [9.17, 15) is 8.42 Å². The Morgan fingerprint density at radius 3 is 2.60 bits per heavy atom. The molecule has 0 bridgehead atoms. The van der Waals surface area contributed by atoms with Crippen LogP contribution in [0.15, 0.2) is 0 Å². The first-order chi connectivity index (χ1) is 4.64. The summed E-state index contributed by atoms with van der Waals surface area (Å²) < 4.78 is 23.9. The van der Waals surface area contributed by atoms with Gasteiger partial charge in [0, 0.05) is 6.04 Å². The Hall–Kier alpha value is -0.600. The van der Waals surface area contributed by atoms with Gasteiger partial charge < -0.3 is 0 Å². The average Bonchev–Trinajstić information content (AvgIpc) is 2.48. The number of hydrogen-bond donors (Lipinski definition) is 1. The molecule has 0 aromatic rings. The van der Waals surface area contributed by atoms with E-state index >= 15 is 0 Å². The fraction of sp³-hybridized carbons (Fsp3) is 0.800. The van der Waals surface area contributed by atoms with Crippen molar-refractivity contribution in [1.82, 2.24) is 4.72 Å². The lowest BCUT2D eigenvalue weighted by Gasteiger charge is -1.97. The van der Waals surface area contributed by atoms with Crippen LogP contribution in [0.2, 0.25) is 0 Å². The van der Waals surface area contributed by atoms with Gasteiger partial charge in [-0.15, -0.1) is 0 Å². The zero-order valence-electron chi connectivity index (χ0n) is 5.37. The van der Waals surface area contributed by atoms with Gasteiger partial charge in [-0.3, -0.25) is 0 Å². The molecule has 1 aliphatic carbocycles. The first-order valence-electron chi connectivity index (χ1n) is 3.01. The van der Waals surface area contributed by atoms with E-state index in [1.807, 2.05) is 0 Å². The number of hydrogen-bond acceptors (Lipinski definition) is 3. The third kappa shape index (κ3) is 2.33. The molecule has 0 heterocycles. The van der Waals surface area contributed by atoms with Gasteiger partial charge in [0.15, 0.2) is 5.75 Å². The molecule has 1 saturated carbocycles. The summed E-state index contributed by atoms with van der Waals surface area (Å²) in [5, 5.41) is 8.07. The highest BCUT2D eigenvalue weighted by Gasteiger charge is 2.26. The lowest BCUT2D eigenvalue weighted by molar-refractivity contribution is 0.584. The van der Waals surface area contributed by atoms with Crippen molar-refractivity contribution in [2.45, 2.75) is 18.9 Å². The second-order valence-corrected chi connectivity index (χ2v) is 4.06. The van der Waals surface area contributed by atoms with Crippen LogP contribution in [0, 0.1) is 11.3 Å². The second-order valence-electron chi connectivity index (χ2n) is 2.31. The molecule has 1 N–H and O–H groups in total. The van der Waals surface area contributed by atoms with Crippen molar-refractivity contribution in [1.29, 1.82) is 5.26 Å². The second kappa shape index (κ2) is 2.56. The Bertz CT molecular complexity index is 247. The summed E-state index contributed by atoms with van der Waals surface area (Å²) in [6, 6.07) is 1.70. The third-order valence-corrected chi connectivity index (χ3v) is 2.38. The van der Waals surface area contributed by atoms with E-state index in [2.05, 4.69) is 4.72 Å². The molecule has 5 heteroatoms. The summed E-state index contributed by atoms with van der Waals surface area (Å²) in [4.78, 5) is 0. The van der Waals surface area contributed by atoms with Crippen LogP contribution in [-0.4, -0.2) is 20.2 Å². The molecule has 0 aromatic heterocycles. The van der Waals surface area contributed by atoms with Crippen LogP contribution >= 0.6 is 0 Å². The third-order valence-electron chi connectivity index (χ3n) is 1.18. The van der Waals surface area contributed by atoms with Crippen LogP contribution in [0.5, 0.6) is 0 Å². The molecule has 0 aromatic carbocycles. The summed E-state index contributed by atoms with van der Waals surface area (Å²) >= 11 is 0. The maximum atomic E-state index is 10.7. The van der Waals surface area contributed by atoms with E-state index < -0.39 is 15.8 Å². The predicted octanol–water partition coefficient (Wildman–Crippen LogP) is -0.408. The molecule has 1 rings (SSSR count). The van der Waals surface area contributed by atoms with Crippen LogP contribution < -0.4 is 4.72 Å². The van der Waals surface area contributed by atoms with Crippen molar-refractivity contribution < 1.29 is 8.42 Å². The number of rotatable bonds is 3. The van der Waals surface area contributed by atoms with Crippen molar-refractivity contribution >= 4 is 10.0 Å². The van der Waals surface area contributed by atoms with Crippen molar-refractivity contribution in [3.63, 3.8) is 0 Å². The summed E-state index contributed by atoms with van der Waals surface area (Å²) in [7, 11) is -3.28. The first kappa shape index (κ1) is 7.51. The number of nitrogens with zero attached hydrogens (tertiary/aromatic N) is 1. The van der Waals surface area contributed by atoms with Gasteiger partial charge in [-0.25, -0.2) is 13.1 Å². The molecule has 1 aliphatic rings. The summed E-state index contributed by atoms with van der Waals surface area (Å²) in [5.74, 6) is -0.427. The van der Waals surface area contributed by atoms with Gasteiger partial charge in [0.2, 0.25) is 10.0 Å². The molecule has 0 amide bonds. The minimum atomic E-state index is -3.28. The Morgan fingerprint density at radius 2 is 2.20 bits per heavy atom. The average molecular weight is 160 g/mol. The lowest BCUT2D eigenvalue weighted by Crippen LogP contribution is -2.27. The Labute approximate surface area is 59.9 Å². The van der Waals surface area contributed by atoms with Crippen molar-refractivity contribution in [2.24, 2.45) is 0 Å². The zero-order chi connectivity index (χ0) is 7.61. The van der Waals surface area contributed by atoms with Crippen LogP contribution in [0.1, 0.15) is 12.8 Å². The monoisotopic (exact) mass is 160 g/mol. The molecule has 0 radical (unpaired) electrons. The number of sulfonamides is 1. The highest BCUT2D eigenvalue weighted by atomic mass is 32.2. The molecular weight excluding hydrogens is 152 g/mol. The van der Waals surface area contributed by atoms with Crippen LogP contribution in [0.25, 0.3) is 0 Å². The first-order valence-corrected chi connectivity index (χ1v) is 4.66. The number of nitriles is 1. The molecule has 4 nitrogen and oxygen atoms in total. The summed E-state index contributed by atoms with van der Waals surface area (Å²) in [6.45, 7) is 0. The van der Waals surface area contributed by atoms with Crippen molar-refractivity contribution in [3.05, 3.63) is 0 Å². The topological polar surface area (TPSA) is 70.0 Å². The molecule has 1 fully saturated rings. The van der Waals surface area contributed by atoms with Gasteiger partial charge in [0.05, 0.1) is 6.07 Å². The van der Waals surface area contributed by atoms with E-state index in [4.69, 9.17) is 5.26 Å². The molecule has 10 heavy (non-hydrogen) atoms. The molecule has 0 spiro atoms. The molecule has 0 unspecified atom stereocenters. The molecular formula is C5H8N2O2S. The Kier molecular flexibility index (Phi) is 1.92. The number of nitrogens with one attached hydrogen (secondary N) is 1. The Morgan fingerprint density at radius 1 is 1.60 bits per heavy atom. The largest absolute Gasteiger partial charge is 0.225 e. The van der Waals surface area contributed by atoms with Gasteiger partial charge in [0.1, 0.15) is 0 Å². The van der Waals surface area contributed by atoms with E-state index in [0.717, 1.165) is 12.8 Å². The van der Waals surface area contributed by atoms with E-state index in [-0.39, 0.29) is 6.04 Å². The van der Waals surface area contributed by atoms with Gasteiger partial charge >= 0.3 is 0 Å². The van der Waals surface area contributed by atoms with Crippen LogP contribution in [-0.2, 0) is 10.0 Å². The minimum Gasteiger partial charge on any atom is -0.211 e. The van der Waals surface area contributed by atoms with E-state index in [0.29, 0.717) is 0 Å². The predicted molar refractivity (Wildman–Crippen MR) is 35.6 cm³/mol. The van der Waals surface area contributed by atoms with Gasteiger partial charge in [0.25, 0.3) is 0 Å². The normalized spacial score (nSPS) is 18.3. The van der Waals surface area contributed by atoms with Crippen LogP contribution in [0.3, 0.4) is 0 Å². The highest BCUT2D eigenvalue weighted by Crippen LogP contribution is 2.19. The van der Waals surface area contributed by atoms with Crippen molar-refractivity contribution in [2.75, 3.05) is 5.75 Å². The smallest absolute Gasteiger partial charge is 0.211 e. The quantitative estimate of drug-likeness (QED) is 0.610. The van der Waals surface area contributed by atoms with Gasteiger partial charge in [-0.2, -0.15) is 5.26 Å². The summed E-state index contributed by atoms with van der Waals surface area (Å²) in [6.07, 6.45) is 1.81. The van der Waals surface area contributed by atoms with E-state index in [1.165, 1.54) is 0 Å². The lowest BCUT2D eigenvalue weighted by atomic mass is 10.8. The molecule has 0 saturated heterocycles. The van der Waals surface area contributed by atoms with Crippen molar-refractivity contribution in [3.8, 4) is 6.07 Å². The Balaban J connectivity index is 2.43. The molecule has 0 aliphatic heterocycles. The van der Waals surface area contributed by atoms with Gasteiger partial charge in [-0.1, -0.05) is 0 Å². The fourth-order valence-corrected chi connectivity index (χ4v) is 1.58. The zero-order valence-corrected chi connectivity index (χ0v) is 6.19. The molecule has 0 atom stereocenters. The maximum absolute atomic E-state index is 10.7. The van der Waals surface area contributed by atoms with Gasteiger partial charge in [-0.05, 0) is 12.8 Å². The molecule has 56 valence electrons. The fourth-order valence-electron chi connectivity index (χ4n) is 0.582. The summed E-state index contributed by atoms with van der Waals surface area (Å²) in [5.41, 5.74) is 0.